The maximum atomic E-state index is 9.54. The van der Waals surface area contributed by atoms with E-state index in [-0.39, 0.29) is 5.54 Å². The van der Waals surface area contributed by atoms with Gasteiger partial charge in [-0.3, -0.25) is 0 Å². The number of aromatic hydroxyl groups is 1. The molecule has 1 aliphatic rings. The van der Waals surface area contributed by atoms with Gasteiger partial charge in [0.1, 0.15) is 5.75 Å². The third-order valence-corrected chi connectivity index (χ3v) is 3.54. The molecule has 14 heavy (non-hydrogen) atoms. The van der Waals surface area contributed by atoms with E-state index in [9.17, 15) is 5.11 Å². The number of nitrogens with two attached hydrogens (primary N) is 1. The SMILES string of the molecule is Cc1c(O)ccc(C2(N)CCC2)c1C. The van der Waals surface area contributed by atoms with Crippen molar-refractivity contribution >= 4 is 0 Å². The minimum atomic E-state index is -0.122. The van der Waals surface area contributed by atoms with Crippen molar-refractivity contribution in [3.63, 3.8) is 0 Å². The summed E-state index contributed by atoms with van der Waals surface area (Å²) in [5.74, 6) is 0.370. The van der Waals surface area contributed by atoms with Gasteiger partial charge in [0.15, 0.2) is 0 Å². The summed E-state index contributed by atoms with van der Waals surface area (Å²) in [6, 6.07) is 3.72. The quantitative estimate of drug-likeness (QED) is 0.715. The summed E-state index contributed by atoms with van der Waals surface area (Å²) in [6.45, 7) is 3.98. The van der Waals surface area contributed by atoms with Gasteiger partial charge in [-0.2, -0.15) is 0 Å². The van der Waals surface area contributed by atoms with E-state index in [0.717, 1.165) is 24.0 Å². The van der Waals surface area contributed by atoms with Gasteiger partial charge in [-0.25, -0.2) is 0 Å². The Hall–Kier alpha value is -1.02. The van der Waals surface area contributed by atoms with E-state index in [1.807, 2.05) is 19.9 Å². The van der Waals surface area contributed by atoms with Crippen molar-refractivity contribution in [1.29, 1.82) is 0 Å². The summed E-state index contributed by atoms with van der Waals surface area (Å²) in [7, 11) is 0. The Balaban J connectivity index is 2.49. The van der Waals surface area contributed by atoms with Crippen molar-refractivity contribution in [3.8, 4) is 5.75 Å². The highest BCUT2D eigenvalue weighted by molar-refractivity contribution is 5.46. The second kappa shape index (κ2) is 2.99. The van der Waals surface area contributed by atoms with E-state index in [1.54, 1.807) is 6.07 Å². The lowest BCUT2D eigenvalue weighted by molar-refractivity contribution is 0.252. The zero-order valence-corrected chi connectivity index (χ0v) is 8.80. The summed E-state index contributed by atoms with van der Waals surface area (Å²) < 4.78 is 0. The van der Waals surface area contributed by atoms with Crippen LogP contribution in [0.2, 0.25) is 0 Å². The van der Waals surface area contributed by atoms with Crippen LogP contribution in [-0.4, -0.2) is 5.11 Å². The van der Waals surface area contributed by atoms with E-state index in [2.05, 4.69) is 0 Å². The van der Waals surface area contributed by atoms with Gasteiger partial charge >= 0.3 is 0 Å². The van der Waals surface area contributed by atoms with Crippen LogP contribution in [0.5, 0.6) is 5.75 Å². The standard InChI is InChI=1S/C12H17NO/c1-8-9(2)11(14)5-4-10(8)12(13)6-3-7-12/h4-5,14H,3,6-7,13H2,1-2H3. The van der Waals surface area contributed by atoms with Crippen LogP contribution in [0.4, 0.5) is 0 Å². The van der Waals surface area contributed by atoms with Crippen LogP contribution in [0.25, 0.3) is 0 Å². The summed E-state index contributed by atoms with van der Waals surface area (Å²) in [6.07, 6.45) is 3.35. The summed E-state index contributed by atoms with van der Waals surface area (Å²) in [5.41, 5.74) is 9.45. The normalized spacial score (nSPS) is 19.1. The average Bonchev–Trinajstić information content (AvgIpc) is 2.11. The Morgan fingerprint density at radius 2 is 1.86 bits per heavy atom. The zero-order valence-electron chi connectivity index (χ0n) is 8.80. The number of hydrogen-bond acceptors (Lipinski definition) is 2. The fourth-order valence-corrected chi connectivity index (χ4v) is 2.17. The minimum absolute atomic E-state index is 0.122. The molecular weight excluding hydrogens is 174 g/mol. The third kappa shape index (κ3) is 1.22. The largest absolute Gasteiger partial charge is 0.508 e. The first-order chi connectivity index (χ1) is 6.54. The Labute approximate surface area is 84.7 Å². The lowest BCUT2D eigenvalue weighted by Gasteiger charge is -2.40. The number of benzene rings is 1. The molecule has 0 unspecified atom stereocenters. The molecule has 3 N–H and O–H groups in total. The van der Waals surface area contributed by atoms with E-state index in [0.29, 0.717) is 5.75 Å². The van der Waals surface area contributed by atoms with Gasteiger partial charge < -0.3 is 10.8 Å². The highest BCUT2D eigenvalue weighted by Gasteiger charge is 2.35. The zero-order chi connectivity index (χ0) is 10.3. The topological polar surface area (TPSA) is 46.2 Å². The number of hydrogen-bond donors (Lipinski definition) is 2. The average molecular weight is 191 g/mol. The van der Waals surface area contributed by atoms with Crippen molar-refractivity contribution in [2.24, 2.45) is 5.73 Å². The monoisotopic (exact) mass is 191 g/mol. The van der Waals surface area contributed by atoms with Gasteiger partial charge in [-0.05, 0) is 55.9 Å². The molecule has 0 heterocycles. The van der Waals surface area contributed by atoms with Crippen molar-refractivity contribution in [2.45, 2.75) is 38.6 Å². The fraction of sp³-hybridized carbons (Fsp3) is 0.500. The molecule has 2 nitrogen and oxygen atoms in total. The number of rotatable bonds is 1. The molecule has 0 aromatic heterocycles. The van der Waals surface area contributed by atoms with Crippen LogP contribution in [0.1, 0.15) is 36.0 Å². The predicted octanol–water partition coefficient (Wildman–Crippen LogP) is 2.35. The maximum absolute atomic E-state index is 9.54. The second-order valence-electron chi connectivity index (χ2n) is 4.39. The molecule has 0 spiro atoms. The van der Waals surface area contributed by atoms with Crippen molar-refractivity contribution in [1.82, 2.24) is 0 Å². The maximum Gasteiger partial charge on any atom is 0.118 e. The van der Waals surface area contributed by atoms with Crippen LogP contribution in [0.15, 0.2) is 12.1 Å². The molecule has 0 aliphatic heterocycles. The highest BCUT2D eigenvalue weighted by atomic mass is 16.3. The van der Waals surface area contributed by atoms with Crippen LogP contribution < -0.4 is 5.73 Å². The lowest BCUT2D eigenvalue weighted by Crippen LogP contribution is -2.43. The molecule has 0 amide bonds. The molecule has 1 fully saturated rings. The Kier molecular flexibility index (Phi) is 2.04. The molecule has 1 aliphatic carbocycles. The van der Waals surface area contributed by atoms with Gasteiger partial charge in [0, 0.05) is 5.54 Å². The summed E-state index contributed by atoms with van der Waals surface area (Å²) in [4.78, 5) is 0. The van der Waals surface area contributed by atoms with Gasteiger partial charge in [-0.15, -0.1) is 0 Å². The van der Waals surface area contributed by atoms with E-state index >= 15 is 0 Å². The molecular formula is C12H17NO. The first-order valence-corrected chi connectivity index (χ1v) is 5.13. The highest BCUT2D eigenvalue weighted by Crippen LogP contribution is 2.41. The first kappa shape index (κ1) is 9.53. The molecule has 2 rings (SSSR count). The van der Waals surface area contributed by atoms with Crippen molar-refractivity contribution in [2.75, 3.05) is 0 Å². The lowest BCUT2D eigenvalue weighted by atomic mass is 9.71. The van der Waals surface area contributed by atoms with Gasteiger partial charge in [0.25, 0.3) is 0 Å². The predicted molar refractivity (Wildman–Crippen MR) is 57.3 cm³/mol. The Morgan fingerprint density at radius 1 is 1.21 bits per heavy atom. The van der Waals surface area contributed by atoms with Crippen LogP contribution in [0, 0.1) is 13.8 Å². The summed E-state index contributed by atoms with van der Waals surface area (Å²) in [5, 5.41) is 9.54. The molecule has 0 saturated heterocycles. The molecule has 0 bridgehead atoms. The molecule has 0 radical (unpaired) electrons. The van der Waals surface area contributed by atoms with Gasteiger partial charge in [0.05, 0.1) is 0 Å². The van der Waals surface area contributed by atoms with Crippen LogP contribution >= 0.6 is 0 Å². The van der Waals surface area contributed by atoms with Crippen LogP contribution in [-0.2, 0) is 5.54 Å². The number of phenolic OH excluding ortho intramolecular Hbond substituents is 1. The van der Waals surface area contributed by atoms with Crippen LogP contribution in [0.3, 0.4) is 0 Å². The smallest absolute Gasteiger partial charge is 0.118 e. The molecule has 2 heteroatoms. The second-order valence-corrected chi connectivity index (χ2v) is 4.39. The fourth-order valence-electron chi connectivity index (χ4n) is 2.17. The third-order valence-electron chi connectivity index (χ3n) is 3.54. The minimum Gasteiger partial charge on any atom is -0.508 e. The molecule has 76 valence electrons. The molecule has 1 aromatic rings. The number of phenols is 1. The van der Waals surface area contributed by atoms with E-state index in [4.69, 9.17) is 5.73 Å². The molecule has 0 atom stereocenters. The first-order valence-electron chi connectivity index (χ1n) is 5.13. The van der Waals surface area contributed by atoms with Gasteiger partial charge in [0.2, 0.25) is 0 Å². The molecule has 1 saturated carbocycles. The Bertz CT molecular complexity index is 367. The van der Waals surface area contributed by atoms with E-state index < -0.39 is 0 Å². The van der Waals surface area contributed by atoms with Crippen molar-refractivity contribution < 1.29 is 5.11 Å². The van der Waals surface area contributed by atoms with Gasteiger partial charge in [-0.1, -0.05) is 6.07 Å². The van der Waals surface area contributed by atoms with Crippen molar-refractivity contribution in [3.05, 3.63) is 28.8 Å². The van der Waals surface area contributed by atoms with E-state index in [1.165, 1.54) is 12.0 Å². The summed E-state index contributed by atoms with van der Waals surface area (Å²) >= 11 is 0. The molecule has 1 aromatic carbocycles. The Morgan fingerprint density at radius 3 is 2.36 bits per heavy atom.